The van der Waals surface area contributed by atoms with Crippen molar-refractivity contribution in [3.63, 3.8) is 0 Å². The normalized spacial score (nSPS) is 11.5. The van der Waals surface area contributed by atoms with E-state index in [1.807, 2.05) is 0 Å². The summed E-state index contributed by atoms with van der Waals surface area (Å²) in [6.45, 7) is 2.29. The van der Waals surface area contributed by atoms with Crippen LogP contribution in [0.5, 0.6) is 0 Å². The Morgan fingerprint density at radius 1 is 0.842 bits per heavy atom. The van der Waals surface area contributed by atoms with Crippen molar-refractivity contribution in [2.45, 2.75) is 17.6 Å². The number of benzene rings is 2. The first-order valence-corrected chi connectivity index (χ1v) is 10.6. The first-order chi connectivity index (χ1) is 9.34. The van der Waals surface area contributed by atoms with Crippen LogP contribution in [0.4, 0.5) is 0 Å². The van der Waals surface area contributed by atoms with E-state index < -0.39 is 0 Å². The summed E-state index contributed by atoms with van der Waals surface area (Å²) in [7, 11) is 0. The number of allylic oxidation sites excluding steroid dienone is 1. The van der Waals surface area contributed by atoms with Crippen LogP contribution in [0, 0.1) is 0 Å². The molecule has 0 spiro atoms. The van der Waals surface area contributed by atoms with Gasteiger partial charge in [0.1, 0.15) is 0 Å². The summed E-state index contributed by atoms with van der Waals surface area (Å²) in [5.41, 5.74) is 2.92. The molecule has 0 fully saturated rings. The third kappa shape index (κ3) is 5.80. The first-order valence-electron chi connectivity index (χ1n) is 6.33. The molecule has 98 valence electrons. The molecule has 0 aliphatic rings. The Labute approximate surface area is 128 Å². The fourth-order valence-corrected chi connectivity index (χ4v) is 5.97. The molecule has 0 unspecified atom stereocenters. The molecule has 0 N–H and O–H groups in total. The second-order valence-electron chi connectivity index (χ2n) is 4.30. The fourth-order valence-electron chi connectivity index (χ4n) is 1.63. The second kappa shape index (κ2) is 8.40. The Balaban J connectivity index is 1.74. The van der Waals surface area contributed by atoms with Gasteiger partial charge in [-0.1, -0.05) is 0 Å². The Morgan fingerprint density at radius 3 is 1.95 bits per heavy atom. The van der Waals surface area contributed by atoms with E-state index in [2.05, 4.69) is 72.6 Å². The third-order valence-electron chi connectivity index (χ3n) is 2.65. The van der Waals surface area contributed by atoms with Crippen LogP contribution in [-0.2, 0) is 10.6 Å². The summed E-state index contributed by atoms with van der Waals surface area (Å²) in [6.07, 6.45) is 0. The molecule has 0 heterocycles. The summed E-state index contributed by atoms with van der Waals surface area (Å²) >= 11 is 1.21. The molecule has 0 saturated carbocycles. The molecule has 0 aromatic heterocycles. The predicted octanol–water partition coefficient (Wildman–Crippen LogP) is 3.66. The first kappa shape index (κ1) is 14.6. The SMILES string of the molecule is CC(=C[Se]Cc1ccccc1)[Se]Cc1ccccc1. The van der Waals surface area contributed by atoms with Crippen LogP contribution in [0.2, 0.25) is 0 Å². The molecule has 0 amide bonds. The maximum atomic E-state index is 2.48. The van der Waals surface area contributed by atoms with Gasteiger partial charge in [0.05, 0.1) is 0 Å². The summed E-state index contributed by atoms with van der Waals surface area (Å²) in [5.74, 6) is 0. The molecule has 2 aromatic rings. The average molecular weight is 380 g/mol. The molecule has 0 bridgehead atoms. The van der Waals surface area contributed by atoms with E-state index in [0.717, 1.165) is 0 Å². The van der Waals surface area contributed by atoms with E-state index in [0.29, 0.717) is 29.9 Å². The zero-order valence-corrected chi connectivity index (χ0v) is 14.5. The van der Waals surface area contributed by atoms with Gasteiger partial charge in [0.25, 0.3) is 0 Å². The third-order valence-corrected chi connectivity index (χ3v) is 7.75. The van der Waals surface area contributed by atoms with Crippen LogP contribution in [0.1, 0.15) is 18.1 Å². The maximum absolute atomic E-state index is 2.48. The van der Waals surface area contributed by atoms with Gasteiger partial charge in [-0.25, -0.2) is 0 Å². The van der Waals surface area contributed by atoms with Crippen LogP contribution in [0.25, 0.3) is 0 Å². The van der Waals surface area contributed by atoms with E-state index in [1.165, 1.54) is 21.8 Å². The van der Waals surface area contributed by atoms with Crippen molar-refractivity contribution in [1.29, 1.82) is 0 Å². The van der Waals surface area contributed by atoms with E-state index in [4.69, 9.17) is 0 Å². The van der Waals surface area contributed by atoms with Crippen molar-refractivity contribution in [3.8, 4) is 0 Å². The molecule has 2 aromatic carbocycles. The molecule has 0 atom stereocenters. The van der Waals surface area contributed by atoms with Gasteiger partial charge in [0.15, 0.2) is 0 Å². The minimum absolute atomic E-state index is 0.601. The Bertz CT molecular complexity index is 503. The summed E-state index contributed by atoms with van der Waals surface area (Å²) in [6, 6.07) is 21.6. The van der Waals surface area contributed by atoms with E-state index >= 15 is 0 Å². The monoisotopic (exact) mass is 382 g/mol. The van der Waals surface area contributed by atoms with Gasteiger partial charge in [-0.3, -0.25) is 0 Å². The Kier molecular flexibility index (Phi) is 6.47. The number of rotatable bonds is 6. The van der Waals surface area contributed by atoms with Crippen molar-refractivity contribution in [2.24, 2.45) is 0 Å². The average Bonchev–Trinajstić information content (AvgIpc) is 2.47. The molecule has 2 heteroatoms. The molecular formula is C17H18Se2. The van der Waals surface area contributed by atoms with Crippen LogP contribution >= 0.6 is 0 Å². The molecule has 0 saturated heterocycles. The molecule has 0 radical (unpaired) electrons. The van der Waals surface area contributed by atoms with Crippen LogP contribution < -0.4 is 0 Å². The van der Waals surface area contributed by atoms with Crippen molar-refractivity contribution >= 4 is 29.9 Å². The number of hydrogen-bond acceptors (Lipinski definition) is 0. The standard InChI is InChI=1S/C17H18Se2/c1-15(19-14-17-10-6-3-7-11-17)12-18-13-16-8-4-2-5-9-16/h2-12H,13-14H2,1H3. The molecule has 0 aliphatic heterocycles. The Hall–Kier alpha value is -0.781. The van der Waals surface area contributed by atoms with Gasteiger partial charge in [0.2, 0.25) is 0 Å². The van der Waals surface area contributed by atoms with Gasteiger partial charge < -0.3 is 0 Å². The summed E-state index contributed by atoms with van der Waals surface area (Å²) < 4.78 is 1.59. The number of hydrogen-bond donors (Lipinski definition) is 0. The Morgan fingerprint density at radius 2 is 1.37 bits per heavy atom. The van der Waals surface area contributed by atoms with Gasteiger partial charge >= 0.3 is 129 Å². The van der Waals surface area contributed by atoms with Crippen molar-refractivity contribution in [3.05, 3.63) is 81.2 Å². The quantitative estimate of drug-likeness (QED) is 0.672. The van der Waals surface area contributed by atoms with Gasteiger partial charge in [-0.2, -0.15) is 0 Å². The summed E-state index contributed by atoms with van der Waals surface area (Å²) in [5, 5.41) is 2.43. The predicted molar refractivity (Wildman–Crippen MR) is 85.6 cm³/mol. The van der Waals surface area contributed by atoms with Gasteiger partial charge in [-0.15, -0.1) is 0 Å². The molecule has 19 heavy (non-hydrogen) atoms. The zero-order chi connectivity index (χ0) is 13.3. The van der Waals surface area contributed by atoms with E-state index in [1.54, 1.807) is 4.47 Å². The van der Waals surface area contributed by atoms with Crippen molar-refractivity contribution < 1.29 is 0 Å². The molecule has 0 aliphatic carbocycles. The van der Waals surface area contributed by atoms with Crippen molar-refractivity contribution in [2.75, 3.05) is 0 Å². The van der Waals surface area contributed by atoms with Crippen molar-refractivity contribution in [1.82, 2.24) is 0 Å². The fraction of sp³-hybridized carbons (Fsp3) is 0.176. The summed E-state index contributed by atoms with van der Waals surface area (Å²) in [4.78, 5) is 2.48. The van der Waals surface area contributed by atoms with Crippen LogP contribution in [-0.4, -0.2) is 29.9 Å². The zero-order valence-electron chi connectivity index (χ0n) is 11.1. The van der Waals surface area contributed by atoms with E-state index in [9.17, 15) is 0 Å². The van der Waals surface area contributed by atoms with Gasteiger partial charge in [-0.05, 0) is 0 Å². The molecular weight excluding hydrogens is 362 g/mol. The second-order valence-corrected chi connectivity index (χ2v) is 8.66. The topological polar surface area (TPSA) is 0 Å². The van der Waals surface area contributed by atoms with Crippen LogP contribution in [0.15, 0.2) is 70.1 Å². The van der Waals surface area contributed by atoms with E-state index in [-0.39, 0.29) is 0 Å². The minimum atomic E-state index is 0.601. The van der Waals surface area contributed by atoms with Gasteiger partial charge in [0, 0.05) is 0 Å². The molecule has 0 nitrogen and oxygen atoms in total. The van der Waals surface area contributed by atoms with Crippen LogP contribution in [0.3, 0.4) is 0 Å². The molecule has 2 rings (SSSR count).